The fourth-order valence-corrected chi connectivity index (χ4v) is 1.35. The van der Waals surface area contributed by atoms with Gasteiger partial charge in [0.1, 0.15) is 11.4 Å². The van der Waals surface area contributed by atoms with Crippen molar-refractivity contribution in [3.05, 3.63) is 27.9 Å². The first-order valence-electron chi connectivity index (χ1n) is 5.42. The molecule has 2 N–H and O–H groups in total. The summed E-state index contributed by atoms with van der Waals surface area (Å²) in [6.45, 7) is 4.79. The predicted molar refractivity (Wildman–Crippen MR) is 65.6 cm³/mol. The van der Waals surface area contributed by atoms with Crippen molar-refractivity contribution in [2.75, 3.05) is 5.32 Å². The highest BCUT2D eigenvalue weighted by Crippen LogP contribution is 2.23. The zero-order valence-electron chi connectivity index (χ0n) is 10.4. The molecule has 0 aliphatic carbocycles. The largest absolute Gasteiger partial charge is 0.480 e. The molecular formula is C11H15N3O4. The van der Waals surface area contributed by atoms with Crippen molar-refractivity contribution in [2.45, 2.75) is 32.7 Å². The third-order valence-corrected chi connectivity index (χ3v) is 2.85. The van der Waals surface area contributed by atoms with E-state index >= 15 is 0 Å². The van der Waals surface area contributed by atoms with Crippen molar-refractivity contribution in [1.82, 2.24) is 4.98 Å². The number of aliphatic carboxylic acids is 1. The van der Waals surface area contributed by atoms with Crippen molar-refractivity contribution in [2.24, 2.45) is 0 Å². The van der Waals surface area contributed by atoms with Gasteiger partial charge in [-0.05, 0) is 20.3 Å². The van der Waals surface area contributed by atoms with E-state index in [4.69, 9.17) is 5.11 Å². The Hall–Kier alpha value is -2.18. The third-order valence-electron chi connectivity index (χ3n) is 2.85. The zero-order chi connectivity index (χ0) is 13.9. The minimum Gasteiger partial charge on any atom is -0.480 e. The van der Waals surface area contributed by atoms with Crippen LogP contribution in [0.25, 0.3) is 0 Å². The van der Waals surface area contributed by atoms with Crippen LogP contribution in [0.15, 0.2) is 12.3 Å². The SMILES string of the molecule is CCC(C)(Nc1cc([N+](=O)[O-])c(C)cn1)C(=O)O. The summed E-state index contributed by atoms with van der Waals surface area (Å²) in [6.07, 6.45) is 1.67. The van der Waals surface area contributed by atoms with E-state index in [1.54, 1.807) is 13.8 Å². The molecule has 0 aliphatic heterocycles. The van der Waals surface area contributed by atoms with Crippen LogP contribution in [0, 0.1) is 17.0 Å². The summed E-state index contributed by atoms with van der Waals surface area (Å²) >= 11 is 0. The molecule has 0 aliphatic rings. The lowest BCUT2D eigenvalue weighted by molar-refractivity contribution is -0.385. The van der Waals surface area contributed by atoms with E-state index in [0.717, 1.165) is 0 Å². The van der Waals surface area contributed by atoms with Gasteiger partial charge >= 0.3 is 5.97 Å². The van der Waals surface area contributed by atoms with Crippen LogP contribution < -0.4 is 5.32 Å². The van der Waals surface area contributed by atoms with Crippen molar-refractivity contribution in [3.8, 4) is 0 Å². The van der Waals surface area contributed by atoms with E-state index < -0.39 is 16.4 Å². The summed E-state index contributed by atoms with van der Waals surface area (Å²) in [5.41, 5.74) is -0.855. The van der Waals surface area contributed by atoms with Crippen LogP contribution in [0.1, 0.15) is 25.8 Å². The summed E-state index contributed by atoms with van der Waals surface area (Å²) in [5.74, 6) is -0.853. The van der Waals surface area contributed by atoms with Crippen molar-refractivity contribution >= 4 is 17.5 Å². The molecule has 1 heterocycles. The van der Waals surface area contributed by atoms with Gasteiger partial charge in [0.2, 0.25) is 0 Å². The molecule has 1 aromatic rings. The highest BCUT2D eigenvalue weighted by molar-refractivity contribution is 5.81. The van der Waals surface area contributed by atoms with Crippen LogP contribution in [-0.4, -0.2) is 26.5 Å². The number of hydrogen-bond donors (Lipinski definition) is 2. The summed E-state index contributed by atoms with van der Waals surface area (Å²) in [4.78, 5) is 25.3. The minimum absolute atomic E-state index is 0.0867. The lowest BCUT2D eigenvalue weighted by Gasteiger charge is -2.25. The first kappa shape index (κ1) is 13.9. The lowest BCUT2D eigenvalue weighted by Crippen LogP contribution is -2.42. The van der Waals surface area contributed by atoms with Crippen molar-refractivity contribution < 1.29 is 14.8 Å². The molecule has 0 aromatic carbocycles. The number of rotatable bonds is 5. The number of carbonyl (C=O) groups is 1. The average Bonchev–Trinajstić information content (AvgIpc) is 2.30. The number of aryl methyl sites for hydroxylation is 1. The molecule has 0 fully saturated rings. The van der Waals surface area contributed by atoms with Gasteiger partial charge in [0.05, 0.1) is 11.0 Å². The molecule has 7 nitrogen and oxygen atoms in total. The van der Waals surface area contributed by atoms with E-state index in [9.17, 15) is 14.9 Å². The Morgan fingerprint density at radius 1 is 1.67 bits per heavy atom. The first-order valence-corrected chi connectivity index (χ1v) is 5.42. The molecule has 0 amide bonds. The zero-order valence-corrected chi connectivity index (χ0v) is 10.4. The van der Waals surface area contributed by atoms with Crippen LogP contribution in [0.3, 0.4) is 0 Å². The van der Waals surface area contributed by atoms with E-state index in [0.29, 0.717) is 12.0 Å². The number of carboxylic acid groups (broad SMARTS) is 1. The fraction of sp³-hybridized carbons (Fsp3) is 0.455. The van der Waals surface area contributed by atoms with E-state index in [2.05, 4.69) is 10.3 Å². The standard InChI is InChI=1S/C11H15N3O4/c1-4-11(3,10(15)16)13-9-5-8(14(17)18)7(2)6-12-9/h5-6H,4H2,1-3H3,(H,12,13)(H,15,16). The second kappa shape index (κ2) is 4.99. The maximum absolute atomic E-state index is 11.1. The number of pyridine rings is 1. The van der Waals surface area contributed by atoms with Crippen molar-refractivity contribution in [1.29, 1.82) is 0 Å². The van der Waals surface area contributed by atoms with Crippen LogP contribution in [0.2, 0.25) is 0 Å². The monoisotopic (exact) mass is 253 g/mol. The van der Waals surface area contributed by atoms with Gasteiger partial charge in [0, 0.05) is 11.8 Å². The fourth-order valence-electron chi connectivity index (χ4n) is 1.35. The highest BCUT2D eigenvalue weighted by atomic mass is 16.6. The number of nitro groups is 1. The number of carboxylic acids is 1. The molecule has 1 unspecified atom stereocenters. The molecule has 1 aromatic heterocycles. The lowest BCUT2D eigenvalue weighted by atomic mass is 9.99. The van der Waals surface area contributed by atoms with Crippen molar-refractivity contribution in [3.63, 3.8) is 0 Å². The second-order valence-electron chi connectivity index (χ2n) is 4.23. The van der Waals surface area contributed by atoms with Crippen LogP contribution in [-0.2, 0) is 4.79 Å². The Morgan fingerprint density at radius 2 is 2.28 bits per heavy atom. The number of hydrogen-bond acceptors (Lipinski definition) is 5. The predicted octanol–water partition coefficient (Wildman–Crippen LogP) is 1.96. The third kappa shape index (κ3) is 2.73. The summed E-state index contributed by atoms with van der Waals surface area (Å²) in [5, 5.41) is 22.6. The normalized spacial score (nSPS) is 13.7. The Balaban J connectivity index is 3.09. The Kier molecular flexibility index (Phi) is 3.85. The topological polar surface area (TPSA) is 105 Å². The maximum Gasteiger partial charge on any atom is 0.329 e. The Labute approximate surface area is 104 Å². The molecule has 0 radical (unpaired) electrons. The molecule has 0 saturated carbocycles. The van der Waals surface area contributed by atoms with E-state index in [1.165, 1.54) is 19.2 Å². The molecule has 0 spiro atoms. The molecule has 0 bridgehead atoms. The summed E-state index contributed by atoms with van der Waals surface area (Å²) in [7, 11) is 0. The van der Waals surface area contributed by atoms with Gasteiger partial charge in [-0.15, -0.1) is 0 Å². The molecule has 1 atom stereocenters. The number of anilines is 1. The Morgan fingerprint density at radius 3 is 2.72 bits per heavy atom. The highest BCUT2D eigenvalue weighted by Gasteiger charge is 2.31. The summed E-state index contributed by atoms with van der Waals surface area (Å²) in [6, 6.07) is 1.24. The molecule has 18 heavy (non-hydrogen) atoms. The number of aromatic nitrogens is 1. The maximum atomic E-state index is 11.1. The quantitative estimate of drug-likeness (QED) is 0.613. The first-order chi connectivity index (χ1) is 8.30. The van der Waals surface area contributed by atoms with Crippen LogP contribution in [0.4, 0.5) is 11.5 Å². The van der Waals surface area contributed by atoms with Gasteiger partial charge in [0.15, 0.2) is 0 Å². The van der Waals surface area contributed by atoms with Crippen LogP contribution >= 0.6 is 0 Å². The molecule has 1 rings (SSSR count). The van der Waals surface area contributed by atoms with E-state index in [1.807, 2.05) is 0 Å². The minimum atomic E-state index is -1.20. The number of nitrogens with zero attached hydrogens (tertiary/aromatic N) is 2. The summed E-state index contributed by atoms with van der Waals surface area (Å²) < 4.78 is 0. The molecule has 7 heteroatoms. The molecule has 98 valence electrons. The molecular weight excluding hydrogens is 238 g/mol. The average molecular weight is 253 g/mol. The second-order valence-corrected chi connectivity index (χ2v) is 4.23. The van der Waals surface area contributed by atoms with Crippen LogP contribution in [0.5, 0.6) is 0 Å². The van der Waals surface area contributed by atoms with Gasteiger partial charge in [-0.2, -0.15) is 0 Å². The van der Waals surface area contributed by atoms with Gasteiger partial charge in [-0.3, -0.25) is 10.1 Å². The van der Waals surface area contributed by atoms with E-state index in [-0.39, 0.29) is 11.5 Å². The molecule has 0 saturated heterocycles. The number of nitrogens with one attached hydrogen (secondary N) is 1. The Bertz CT molecular complexity index is 489. The van der Waals surface area contributed by atoms with Gasteiger partial charge in [0.25, 0.3) is 5.69 Å². The smallest absolute Gasteiger partial charge is 0.329 e. The van der Waals surface area contributed by atoms with Gasteiger partial charge < -0.3 is 10.4 Å². The van der Waals surface area contributed by atoms with Gasteiger partial charge in [-0.1, -0.05) is 6.92 Å². The van der Waals surface area contributed by atoms with Gasteiger partial charge in [-0.25, -0.2) is 9.78 Å².